The van der Waals surface area contributed by atoms with E-state index in [9.17, 15) is 33.0 Å². The molecule has 0 saturated heterocycles. The van der Waals surface area contributed by atoms with Gasteiger partial charge in [0.25, 0.3) is 5.56 Å². The van der Waals surface area contributed by atoms with Crippen LogP contribution in [0.5, 0.6) is 5.75 Å². The van der Waals surface area contributed by atoms with Gasteiger partial charge in [0.15, 0.2) is 0 Å². The monoisotopic (exact) mass is 409 g/mol. The third-order valence-corrected chi connectivity index (χ3v) is 4.81. The van der Waals surface area contributed by atoms with Gasteiger partial charge in [0.05, 0.1) is 18.7 Å². The number of aliphatic carboxylic acids is 1. The van der Waals surface area contributed by atoms with Gasteiger partial charge >= 0.3 is 12.1 Å². The number of nitrogens with one attached hydrogen (secondary N) is 2. The fourth-order valence-electron chi connectivity index (χ4n) is 3.54. The van der Waals surface area contributed by atoms with Crippen molar-refractivity contribution in [1.29, 1.82) is 5.26 Å². The molecule has 29 heavy (non-hydrogen) atoms. The number of H-pyrrole nitrogens is 1. The summed E-state index contributed by atoms with van der Waals surface area (Å²) in [5.74, 6) is -6.34. The van der Waals surface area contributed by atoms with Crippen molar-refractivity contribution in [3.63, 3.8) is 0 Å². The Morgan fingerprint density at radius 2 is 2.03 bits per heavy atom. The molecule has 0 radical (unpaired) electrons. The summed E-state index contributed by atoms with van der Waals surface area (Å²) in [7, 11) is 1.18. The molecule has 0 amide bonds. The van der Waals surface area contributed by atoms with Crippen molar-refractivity contribution in [3.8, 4) is 11.8 Å². The molecule has 8 nitrogen and oxygen atoms in total. The number of aliphatic hydroxyl groups is 1. The maximum absolute atomic E-state index is 13.8. The average Bonchev–Trinajstić information content (AvgIpc) is 2.65. The zero-order chi connectivity index (χ0) is 21.6. The van der Waals surface area contributed by atoms with E-state index in [0.717, 1.165) is 12.3 Å². The summed E-state index contributed by atoms with van der Waals surface area (Å²) in [6.07, 6.45) is -4.33. The predicted octanol–water partition coefficient (Wildman–Crippen LogP) is 1.76. The molecule has 3 rings (SSSR count). The number of nitrogens with zero attached hydrogens (tertiary/aromatic N) is 1. The minimum atomic E-state index is -5.39. The Balaban J connectivity index is 2.40. The molecule has 1 aromatic carbocycles. The molecule has 3 unspecified atom stereocenters. The highest BCUT2D eigenvalue weighted by Gasteiger charge is 2.66. The number of halogens is 3. The lowest BCUT2D eigenvalue weighted by Gasteiger charge is -2.44. The number of ether oxygens (including phenoxy) is 1. The van der Waals surface area contributed by atoms with Crippen molar-refractivity contribution in [2.45, 2.75) is 17.8 Å². The van der Waals surface area contributed by atoms with Crippen LogP contribution >= 0.6 is 0 Å². The average molecular weight is 409 g/mol. The number of rotatable bonds is 3. The molecule has 0 spiro atoms. The van der Waals surface area contributed by atoms with E-state index in [2.05, 4.69) is 4.98 Å². The molecule has 0 saturated carbocycles. The number of nitriles is 1. The lowest BCUT2D eigenvalue weighted by atomic mass is 9.71. The second-order valence-electron chi connectivity index (χ2n) is 6.39. The zero-order valence-electron chi connectivity index (χ0n) is 14.7. The van der Waals surface area contributed by atoms with E-state index < -0.39 is 35.3 Å². The first-order valence-electron chi connectivity index (χ1n) is 8.15. The van der Waals surface area contributed by atoms with E-state index in [1.807, 2.05) is 6.07 Å². The lowest BCUT2D eigenvalue weighted by Crippen LogP contribution is -2.63. The van der Waals surface area contributed by atoms with Gasteiger partial charge in [0, 0.05) is 28.9 Å². The van der Waals surface area contributed by atoms with Crippen molar-refractivity contribution >= 4 is 11.7 Å². The molecule has 1 aliphatic rings. The predicted molar refractivity (Wildman–Crippen MR) is 92.4 cm³/mol. The van der Waals surface area contributed by atoms with Gasteiger partial charge < -0.3 is 25.3 Å². The smallest absolute Gasteiger partial charge is 0.437 e. The first-order valence-corrected chi connectivity index (χ1v) is 8.15. The van der Waals surface area contributed by atoms with Crippen molar-refractivity contribution < 1.29 is 32.9 Å². The van der Waals surface area contributed by atoms with Gasteiger partial charge in [-0.05, 0) is 18.2 Å². The Bertz CT molecular complexity index is 1080. The summed E-state index contributed by atoms with van der Waals surface area (Å²) < 4.78 is 46.5. The highest BCUT2D eigenvalue weighted by atomic mass is 19.4. The number of hydrogen-bond donors (Lipinski definition) is 4. The van der Waals surface area contributed by atoms with Crippen molar-refractivity contribution in [1.82, 2.24) is 4.98 Å². The Labute approximate surface area is 161 Å². The number of carboxylic acids is 1. The normalized spacial score (nSPS) is 23.4. The fraction of sp³-hybridized carbons (Fsp3) is 0.278. The van der Waals surface area contributed by atoms with E-state index in [1.54, 1.807) is 5.32 Å². The number of benzene rings is 1. The van der Waals surface area contributed by atoms with Crippen molar-refractivity contribution in [3.05, 3.63) is 57.5 Å². The number of alkyl halides is 3. The molecular weight excluding hydrogens is 395 g/mol. The van der Waals surface area contributed by atoms with Crippen LogP contribution in [-0.4, -0.2) is 40.2 Å². The van der Waals surface area contributed by atoms with Crippen LogP contribution in [0.3, 0.4) is 0 Å². The van der Waals surface area contributed by atoms with Gasteiger partial charge in [-0.15, -0.1) is 0 Å². The minimum Gasteiger partial charge on any atom is -0.496 e. The number of carbonyl (C=O) groups is 1. The number of fused-ring (bicyclic) bond motifs is 1. The van der Waals surface area contributed by atoms with Crippen LogP contribution in [0.4, 0.5) is 18.9 Å². The number of pyridine rings is 1. The number of carboxylic acid groups (broad SMARTS) is 1. The molecule has 11 heteroatoms. The number of methoxy groups -OCH3 is 1. The Hall–Kier alpha value is -3.52. The van der Waals surface area contributed by atoms with Crippen molar-refractivity contribution in [2.24, 2.45) is 5.92 Å². The van der Waals surface area contributed by atoms with Crippen LogP contribution in [-0.2, 0) is 4.79 Å². The Morgan fingerprint density at radius 3 is 2.59 bits per heavy atom. The third-order valence-electron chi connectivity index (χ3n) is 4.81. The zero-order valence-corrected chi connectivity index (χ0v) is 14.7. The maximum Gasteiger partial charge on any atom is 0.437 e. The fourth-order valence-corrected chi connectivity index (χ4v) is 3.54. The summed E-state index contributed by atoms with van der Waals surface area (Å²) in [5, 5.41) is 30.9. The Kier molecular flexibility index (Phi) is 4.76. The van der Waals surface area contributed by atoms with Gasteiger partial charge in [-0.3, -0.25) is 9.59 Å². The molecule has 1 aliphatic heterocycles. The number of hydrogen-bond acceptors (Lipinski definition) is 6. The summed E-state index contributed by atoms with van der Waals surface area (Å²) in [5.41, 5.74) is -5.37. The quantitative estimate of drug-likeness (QED) is 0.607. The maximum atomic E-state index is 13.8. The molecule has 152 valence electrons. The molecule has 0 fully saturated rings. The first kappa shape index (κ1) is 20.2. The van der Waals surface area contributed by atoms with Crippen LogP contribution in [0.25, 0.3) is 0 Å². The van der Waals surface area contributed by atoms with E-state index in [-0.39, 0.29) is 28.1 Å². The summed E-state index contributed by atoms with van der Waals surface area (Å²) in [6.45, 7) is 0. The molecule has 2 heterocycles. The van der Waals surface area contributed by atoms with E-state index in [0.29, 0.717) is 0 Å². The standard InChI is InChI=1S/C18H14F3N3O5/c1-29-11-6-8(7-22)2-3-9(11)12-13-10(4-5-23-15(13)25)24-17(28,18(19,20)21)14(12)16(26)27/h2-6,12,14,24,28H,1H3,(H,23,25)(H,26,27). The molecular formula is C18H14F3N3O5. The SMILES string of the molecule is COc1cc(C#N)ccc1C1c2c(cc[nH]c2=O)NC(O)(C(F)(F)F)C1C(=O)O. The van der Waals surface area contributed by atoms with Crippen LogP contribution in [0.15, 0.2) is 35.3 Å². The van der Waals surface area contributed by atoms with E-state index in [4.69, 9.17) is 10.00 Å². The third kappa shape index (κ3) is 3.07. The molecule has 4 N–H and O–H groups in total. The molecule has 0 aliphatic carbocycles. The largest absolute Gasteiger partial charge is 0.496 e. The van der Waals surface area contributed by atoms with Crippen LogP contribution in [0, 0.1) is 17.2 Å². The highest BCUT2D eigenvalue weighted by Crippen LogP contribution is 2.51. The van der Waals surface area contributed by atoms with Crippen molar-refractivity contribution in [2.75, 3.05) is 12.4 Å². The van der Waals surface area contributed by atoms with Crippen LogP contribution in [0.2, 0.25) is 0 Å². The molecule has 0 bridgehead atoms. The highest BCUT2D eigenvalue weighted by molar-refractivity contribution is 5.79. The minimum absolute atomic E-state index is 0.0963. The molecule has 2 aromatic rings. The summed E-state index contributed by atoms with van der Waals surface area (Å²) in [4.78, 5) is 26.7. The Morgan fingerprint density at radius 1 is 1.34 bits per heavy atom. The van der Waals surface area contributed by atoms with Crippen LogP contribution < -0.4 is 15.6 Å². The number of anilines is 1. The van der Waals surface area contributed by atoms with Gasteiger partial charge in [0.2, 0.25) is 5.72 Å². The second-order valence-corrected chi connectivity index (χ2v) is 6.39. The van der Waals surface area contributed by atoms with Gasteiger partial charge in [-0.1, -0.05) is 6.07 Å². The van der Waals surface area contributed by atoms with Gasteiger partial charge in [-0.2, -0.15) is 18.4 Å². The lowest BCUT2D eigenvalue weighted by molar-refractivity contribution is -0.270. The molecule has 3 atom stereocenters. The van der Waals surface area contributed by atoms with Gasteiger partial charge in [0.1, 0.15) is 11.7 Å². The van der Waals surface area contributed by atoms with E-state index in [1.165, 1.54) is 25.3 Å². The first-order chi connectivity index (χ1) is 13.5. The van der Waals surface area contributed by atoms with Gasteiger partial charge in [-0.25, -0.2) is 0 Å². The number of aromatic amines is 1. The topological polar surface area (TPSA) is 135 Å². The summed E-state index contributed by atoms with van der Waals surface area (Å²) in [6, 6.07) is 6.59. The van der Waals surface area contributed by atoms with Crippen LogP contribution in [0.1, 0.15) is 22.6 Å². The van der Waals surface area contributed by atoms with E-state index >= 15 is 0 Å². The summed E-state index contributed by atoms with van der Waals surface area (Å²) >= 11 is 0. The second kappa shape index (κ2) is 6.82. The number of aromatic nitrogens is 1. The molecule has 1 aromatic heterocycles.